The summed E-state index contributed by atoms with van der Waals surface area (Å²) in [6, 6.07) is 9.76. The lowest BCUT2D eigenvalue weighted by Gasteiger charge is -2.32. The van der Waals surface area contributed by atoms with Crippen molar-refractivity contribution in [3.63, 3.8) is 0 Å². The molecule has 1 amide bonds. The van der Waals surface area contributed by atoms with Crippen molar-refractivity contribution in [3.8, 4) is 6.07 Å². The van der Waals surface area contributed by atoms with E-state index in [4.69, 9.17) is 10.00 Å². The molecular weight excluding hydrogens is 278 g/mol. The maximum atomic E-state index is 12.7. The SMILES string of the molecule is N#Cc1ccc(CN2CCC[C@H]2C(=O)N2CCOCC2)cc1. The van der Waals surface area contributed by atoms with Crippen LogP contribution in [0.4, 0.5) is 0 Å². The highest BCUT2D eigenvalue weighted by Gasteiger charge is 2.34. The van der Waals surface area contributed by atoms with Crippen LogP contribution in [0.5, 0.6) is 0 Å². The standard InChI is InChI=1S/C17H21N3O2/c18-12-14-3-5-15(6-4-14)13-20-7-1-2-16(20)17(21)19-8-10-22-11-9-19/h3-6,16H,1-2,7-11,13H2/t16-/m0/s1. The molecule has 0 radical (unpaired) electrons. The predicted molar refractivity (Wildman–Crippen MR) is 82.0 cm³/mol. The molecule has 2 aliphatic heterocycles. The lowest BCUT2D eigenvalue weighted by molar-refractivity contribution is -0.140. The van der Waals surface area contributed by atoms with Crippen LogP contribution in [0.25, 0.3) is 0 Å². The Bertz CT molecular complexity index is 558. The topological polar surface area (TPSA) is 56.6 Å². The molecular formula is C17H21N3O2. The minimum atomic E-state index is -0.00579. The number of hydrogen-bond acceptors (Lipinski definition) is 4. The third-order valence-electron chi connectivity index (χ3n) is 4.44. The van der Waals surface area contributed by atoms with Crippen LogP contribution in [0.15, 0.2) is 24.3 Å². The second-order valence-corrected chi connectivity index (χ2v) is 5.87. The molecule has 0 aliphatic carbocycles. The summed E-state index contributed by atoms with van der Waals surface area (Å²) >= 11 is 0. The number of benzene rings is 1. The predicted octanol–water partition coefficient (Wildman–Crippen LogP) is 1.38. The summed E-state index contributed by atoms with van der Waals surface area (Å²) in [5.41, 5.74) is 1.83. The number of likely N-dealkylation sites (tertiary alicyclic amines) is 1. The lowest BCUT2D eigenvalue weighted by atomic mass is 10.1. The van der Waals surface area contributed by atoms with E-state index in [1.165, 1.54) is 0 Å². The van der Waals surface area contributed by atoms with E-state index in [2.05, 4.69) is 11.0 Å². The summed E-state index contributed by atoms with van der Waals surface area (Å²) in [5, 5.41) is 8.85. The minimum Gasteiger partial charge on any atom is -0.378 e. The second-order valence-electron chi connectivity index (χ2n) is 5.87. The van der Waals surface area contributed by atoms with Gasteiger partial charge in [-0.25, -0.2) is 0 Å². The van der Waals surface area contributed by atoms with E-state index in [1.807, 2.05) is 29.2 Å². The minimum absolute atomic E-state index is 0.00579. The van der Waals surface area contributed by atoms with Crippen molar-refractivity contribution >= 4 is 5.91 Å². The van der Waals surface area contributed by atoms with Crippen LogP contribution in [0.1, 0.15) is 24.0 Å². The van der Waals surface area contributed by atoms with Crippen LogP contribution in [0.2, 0.25) is 0 Å². The molecule has 2 heterocycles. The average molecular weight is 299 g/mol. The summed E-state index contributed by atoms with van der Waals surface area (Å²) in [5.74, 6) is 0.245. The molecule has 5 heteroatoms. The number of carbonyl (C=O) groups is 1. The largest absolute Gasteiger partial charge is 0.378 e. The van der Waals surface area contributed by atoms with E-state index in [-0.39, 0.29) is 11.9 Å². The molecule has 2 fully saturated rings. The zero-order chi connectivity index (χ0) is 15.4. The molecule has 0 unspecified atom stereocenters. The highest BCUT2D eigenvalue weighted by molar-refractivity contribution is 5.82. The number of carbonyl (C=O) groups excluding carboxylic acids is 1. The molecule has 5 nitrogen and oxygen atoms in total. The van der Waals surface area contributed by atoms with E-state index in [0.717, 1.165) is 31.5 Å². The van der Waals surface area contributed by atoms with Crippen molar-refractivity contribution < 1.29 is 9.53 Å². The molecule has 3 rings (SSSR count). The van der Waals surface area contributed by atoms with Crippen molar-refractivity contribution in [2.45, 2.75) is 25.4 Å². The number of amides is 1. The van der Waals surface area contributed by atoms with Gasteiger partial charge in [0.1, 0.15) is 0 Å². The molecule has 0 saturated carbocycles. The quantitative estimate of drug-likeness (QED) is 0.846. The number of nitrogens with zero attached hydrogens (tertiary/aromatic N) is 3. The van der Waals surface area contributed by atoms with Gasteiger partial charge in [0.15, 0.2) is 0 Å². The summed E-state index contributed by atoms with van der Waals surface area (Å²) in [6.45, 7) is 4.44. The Kier molecular flexibility index (Phi) is 4.71. The highest BCUT2D eigenvalue weighted by Crippen LogP contribution is 2.22. The van der Waals surface area contributed by atoms with Gasteiger partial charge in [0, 0.05) is 19.6 Å². The second kappa shape index (κ2) is 6.91. The summed E-state index contributed by atoms with van der Waals surface area (Å²) in [7, 11) is 0. The molecule has 2 aliphatic rings. The smallest absolute Gasteiger partial charge is 0.240 e. The molecule has 1 atom stereocenters. The Morgan fingerprint density at radius 1 is 1.23 bits per heavy atom. The number of hydrogen-bond donors (Lipinski definition) is 0. The zero-order valence-electron chi connectivity index (χ0n) is 12.7. The van der Waals surface area contributed by atoms with Crippen LogP contribution < -0.4 is 0 Å². The van der Waals surface area contributed by atoms with Gasteiger partial charge in [0.2, 0.25) is 5.91 Å². The highest BCUT2D eigenvalue weighted by atomic mass is 16.5. The number of nitriles is 1. The molecule has 116 valence electrons. The van der Waals surface area contributed by atoms with Crippen molar-refractivity contribution in [2.75, 3.05) is 32.8 Å². The fourth-order valence-electron chi connectivity index (χ4n) is 3.21. The third kappa shape index (κ3) is 3.29. The van der Waals surface area contributed by atoms with Gasteiger partial charge in [0.05, 0.1) is 30.9 Å². The summed E-state index contributed by atoms with van der Waals surface area (Å²) < 4.78 is 5.32. The van der Waals surface area contributed by atoms with Gasteiger partial charge in [-0.1, -0.05) is 12.1 Å². The van der Waals surface area contributed by atoms with Crippen molar-refractivity contribution in [3.05, 3.63) is 35.4 Å². The normalized spacial score (nSPS) is 22.5. The van der Waals surface area contributed by atoms with Gasteiger partial charge >= 0.3 is 0 Å². The lowest BCUT2D eigenvalue weighted by Crippen LogP contribution is -2.49. The van der Waals surface area contributed by atoms with Crippen LogP contribution in [0.3, 0.4) is 0 Å². The van der Waals surface area contributed by atoms with Crippen molar-refractivity contribution in [1.29, 1.82) is 5.26 Å². The van der Waals surface area contributed by atoms with E-state index in [1.54, 1.807) is 0 Å². The Hall–Kier alpha value is -1.90. The first-order chi connectivity index (χ1) is 10.8. The first-order valence-corrected chi connectivity index (χ1v) is 7.87. The molecule has 0 spiro atoms. The summed E-state index contributed by atoms with van der Waals surface area (Å²) in [6.07, 6.45) is 2.00. The van der Waals surface area contributed by atoms with Crippen LogP contribution >= 0.6 is 0 Å². The maximum Gasteiger partial charge on any atom is 0.240 e. The number of ether oxygens (including phenoxy) is 1. The fraction of sp³-hybridized carbons (Fsp3) is 0.529. The first kappa shape index (κ1) is 15.0. The van der Waals surface area contributed by atoms with E-state index in [9.17, 15) is 4.79 Å². The van der Waals surface area contributed by atoms with Gasteiger partial charge in [-0.15, -0.1) is 0 Å². The van der Waals surface area contributed by atoms with Gasteiger partial charge in [-0.2, -0.15) is 5.26 Å². The van der Waals surface area contributed by atoms with Crippen LogP contribution in [-0.4, -0.2) is 54.6 Å². The van der Waals surface area contributed by atoms with Gasteiger partial charge in [0.25, 0.3) is 0 Å². The average Bonchev–Trinajstić information content (AvgIpc) is 3.04. The molecule has 1 aromatic rings. The van der Waals surface area contributed by atoms with Crippen LogP contribution in [0, 0.1) is 11.3 Å². The van der Waals surface area contributed by atoms with Crippen molar-refractivity contribution in [2.24, 2.45) is 0 Å². The Labute approximate surface area is 131 Å². The third-order valence-corrected chi connectivity index (χ3v) is 4.44. The molecule has 0 N–H and O–H groups in total. The fourth-order valence-corrected chi connectivity index (χ4v) is 3.21. The van der Waals surface area contributed by atoms with Crippen LogP contribution in [-0.2, 0) is 16.1 Å². The Balaban J connectivity index is 1.64. The Morgan fingerprint density at radius 2 is 1.95 bits per heavy atom. The van der Waals surface area contributed by atoms with Gasteiger partial charge in [-0.3, -0.25) is 9.69 Å². The van der Waals surface area contributed by atoms with E-state index >= 15 is 0 Å². The van der Waals surface area contributed by atoms with Gasteiger partial charge in [-0.05, 0) is 37.1 Å². The number of morpholine rings is 1. The van der Waals surface area contributed by atoms with Gasteiger partial charge < -0.3 is 9.64 Å². The molecule has 2 saturated heterocycles. The monoisotopic (exact) mass is 299 g/mol. The zero-order valence-corrected chi connectivity index (χ0v) is 12.7. The van der Waals surface area contributed by atoms with E-state index in [0.29, 0.717) is 31.9 Å². The van der Waals surface area contributed by atoms with Crippen molar-refractivity contribution in [1.82, 2.24) is 9.80 Å². The summed E-state index contributed by atoms with van der Waals surface area (Å²) in [4.78, 5) is 16.9. The number of rotatable bonds is 3. The molecule has 0 bridgehead atoms. The maximum absolute atomic E-state index is 12.7. The molecule has 22 heavy (non-hydrogen) atoms. The molecule has 0 aromatic heterocycles. The van der Waals surface area contributed by atoms with E-state index < -0.39 is 0 Å². The first-order valence-electron chi connectivity index (χ1n) is 7.87. The molecule has 1 aromatic carbocycles. The Morgan fingerprint density at radius 3 is 2.64 bits per heavy atom.